The number of aryl methyl sites for hydroxylation is 2. The summed E-state index contributed by atoms with van der Waals surface area (Å²) in [4.78, 5) is 16.4. The Morgan fingerprint density at radius 3 is 2.45 bits per heavy atom. The highest BCUT2D eigenvalue weighted by Gasteiger charge is 2.30. The van der Waals surface area contributed by atoms with Gasteiger partial charge in [-0.1, -0.05) is 0 Å². The summed E-state index contributed by atoms with van der Waals surface area (Å²) in [6.45, 7) is 3.12. The SMILES string of the molecule is O=C(CN1CCN(c2cc3c(nn2)CCC3)CC1)Nc1ccc(C(F)(F)F)cc1. The highest BCUT2D eigenvalue weighted by Crippen LogP contribution is 2.29. The summed E-state index contributed by atoms with van der Waals surface area (Å²) in [5, 5.41) is 11.3. The molecular weight excluding hydrogens is 383 g/mol. The molecule has 1 aliphatic carbocycles. The normalized spacial score (nSPS) is 17.3. The van der Waals surface area contributed by atoms with Gasteiger partial charge in [-0.15, -0.1) is 5.10 Å². The van der Waals surface area contributed by atoms with Gasteiger partial charge in [0.15, 0.2) is 5.82 Å². The average Bonchev–Trinajstić information content (AvgIpc) is 3.16. The van der Waals surface area contributed by atoms with E-state index in [0.29, 0.717) is 18.8 Å². The number of fused-ring (bicyclic) bond motifs is 1. The van der Waals surface area contributed by atoms with Crippen molar-refractivity contribution in [3.8, 4) is 0 Å². The van der Waals surface area contributed by atoms with Crippen molar-refractivity contribution in [2.75, 3.05) is 42.9 Å². The Bertz CT molecular complexity index is 877. The zero-order valence-corrected chi connectivity index (χ0v) is 15.9. The van der Waals surface area contributed by atoms with Crippen LogP contribution in [0.15, 0.2) is 30.3 Å². The number of nitrogens with one attached hydrogen (secondary N) is 1. The van der Waals surface area contributed by atoms with E-state index in [1.807, 2.05) is 4.90 Å². The van der Waals surface area contributed by atoms with Gasteiger partial charge in [0.1, 0.15) is 0 Å². The quantitative estimate of drug-likeness (QED) is 0.848. The first-order chi connectivity index (χ1) is 13.9. The Kier molecular flexibility index (Phi) is 5.40. The zero-order valence-electron chi connectivity index (χ0n) is 15.9. The molecule has 0 saturated carbocycles. The van der Waals surface area contributed by atoms with Crippen molar-refractivity contribution in [1.29, 1.82) is 0 Å². The number of benzene rings is 1. The Hall–Kier alpha value is -2.68. The number of anilines is 2. The molecule has 1 aromatic heterocycles. The van der Waals surface area contributed by atoms with Gasteiger partial charge in [-0.05, 0) is 55.2 Å². The van der Waals surface area contributed by atoms with Gasteiger partial charge in [0.05, 0.1) is 17.8 Å². The van der Waals surface area contributed by atoms with Gasteiger partial charge in [-0.3, -0.25) is 9.69 Å². The van der Waals surface area contributed by atoms with Gasteiger partial charge >= 0.3 is 6.18 Å². The summed E-state index contributed by atoms with van der Waals surface area (Å²) < 4.78 is 37.8. The summed E-state index contributed by atoms with van der Waals surface area (Å²) in [6, 6.07) is 6.59. The fourth-order valence-corrected chi connectivity index (χ4v) is 3.75. The third kappa shape index (κ3) is 4.67. The predicted molar refractivity (Wildman–Crippen MR) is 103 cm³/mol. The molecule has 0 radical (unpaired) electrons. The Balaban J connectivity index is 1.26. The number of aromatic nitrogens is 2. The highest BCUT2D eigenvalue weighted by atomic mass is 19.4. The third-order valence-electron chi connectivity index (χ3n) is 5.37. The van der Waals surface area contributed by atoms with E-state index in [1.165, 1.54) is 17.7 Å². The molecule has 1 aliphatic heterocycles. The lowest BCUT2D eigenvalue weighted by molar-refractivity contribution is -0.137. The van der Waals surface area contributed by atoms with Gasteiger partial charge < -0.3 is 10.2 Å². The molecule has 0 unspecified atom stereocenters. The number of hydrogen-bond acceptors (Lipinski definition) is 5. The molecule has 2 heterocycles. The predicted octanol–water partition coefficient (Wildman–Crippen LogP) is 2.74. The molecule has 1 N–H and O–H groups in total. The molecule has 6 nitrogen and oxygen atoms in total. The van der Waals surface area contributed by atoms with Crippen LogP contribution < -0.4 is 10.2 Å². The minimum Gasteiger partial charge on any atom is -0.353 e. The van der Waals surface area contributed by atoms with Crippen molar-refractivity contribution in [3.63, 3.8) is 0 Å². The zero-order chi connectivity index (χ0) is 20.4. The monoisotopic (exact) mass is 405 g/mol. The van der Waals surface area contributed by atoms with Crippen LogP contribution in [0.3, 0.4) is 0 Å². The first-order valence-electron chi connectivity index (χ1n) is 9.68. The largest absolute Gasteiger partial charge is 0.416 e. The molecule has 1 saturated heterocycles. The van der Waals surface area contributed by atoms with Gasteiger partial charge in [-0.25, -0.2) is 0 Å². The molecule has 29 heavy (non-hydrogen) atoms. The van der Waals surface area contributed by atoms with Gasteiger partial charge in [0, 0.05) is 31.9 Å². The summed E-state index contributed by atoms with van der Waals surface area (Å²) in [7, 11) is 0. The Morgan fingerprint density at radius 1 is 1.03 bits per heavy atom. The van der Waals surface area contributed by atoms with Crippen molar-refractivity contribution in [2.45, 2.75) is 25.4 Å². The molecule has 0 spiro atoms. The van der Waals surface area contributed by atoms with Crippen LogP contribution in [-0.4, -0.2) is 53.7 Å². The lowest BCUT2D eigenvalue weighted by Gasteiger charge is -2.34. The van der Waals surface area contributed by atoms with E-state index < -0.39 is 11.7 Å². The molecule has 154 valence electrons. The molecule has 9 heteroatoms. The molecule has 1 aromatic carbocycles. The first kappa shape index (κ1) is 19.6. The van der Waals surface area contributed by atoms with Crippen LogP contribution in [-0.2, 0) is 23.8 Å². The van der Waals surface area contributed by atoms with Crippen molar-refractivity contribution in [3.05, 3.63) is 47.2 Å². The summed E-state index contributed by atoms with van der Waals surface area (Å²) >= 11 is 0. The van der Waals surface area contributed by atoms with Crippen LogP contribution in [0.25, 0.3) is 0 Å². The number of alkyl halides is 3. The number of hydrogen-bond donors (Lipinski definition) is 1. The Morgan fingerprint density at radius 2 is 1.76 bits per heavy atom. The van der Waals surface area contributed by atoms with Crippen LogP contribution >= 0.6 is 0 Å². The summed E-state index contributed by atoms with van der Waals surface area (Å²) in [6.07, 6.45) is -1.19. The highest BCUT2D eigenvalue weighted by molar-refractivity contribution is 5.92. The number of halogens is 3. The second-order valence-electron chi connectivity index (χ2n) is 7.41. The van der Waals surface area contributed by atoms with Crippen LogP contribution in [0.1, 0.15) is 23.2 Å². The summed E-state index contributed by atoms with van der Waals surface area (Å²) in [5.74, 6) is 0.648. The standard InChI is InChI=1S/C20H22F3N5O/c21-20(22,23)15-4-6-16(7-5-15)24-19(29)13-27-8-10-28(11-9-27)18-12-14-2-1-3-17(14)25-26-18/h4-7,12H,1-3,8-11,13H2,(H,24,29). The smallest absolute Gasteiger partial charge is 0.353 e. The van der Waals surface area contributed by atoms with Gasteiger partial charge in [-0.2, -0.15) is 18.3 Å². The lowest BCUT2D eigenvalue weighted by Crippen LogP contribution is -2.49. The second kappa shape index (κ2) is 7.98. The third-order valence-corrected chi connectivity index (χ3v) is 5.37. The van der Waals surface area contributed by atoms with Crippen molar-refractivity contribution in [2.24, 2.45) is 0 Å². The molecule has 0 atom stereocenters. The maximum Gasteiger partial charge on any atom is 0.416 e. The maximum atomic E-state index is 12.6. The molecule has 0 bridgehead atoms. The average molecular weight is 405 g/mol. The number of carbonyl (C=O) groups is 1. The van der Waals surface area contributed by atoms with Crippen LogP contribution in [0.2, 0.25) is 0 Å². The van der Waals surface area contributed by atoms with E-state index >= 15 is 0 Å². The number of amides is 1. The van der Waals surface area contributed by atoms with E-state index in [9.17, 15) is 18.0 Å². The minimum atomic E-state index is -4.38. The van der Waals surface area contributed by atoms with Crippen LogP contribution in [0.4, 0.5) is 24.7 Å². The van der Waals surface area contributed by atoms with Crippen molar-refractivity contribution in [1.82, 2.24) is 15.1 Å². The number of piperazine rings is 1. The van der Waals surface area contributed by atoms with E-state index in [4.69, 9.17) is 0 Å². The fraction of sp³-hybridized carbons (Fsp3) is 0.450. The lowest BCUT2D eigenvalue weighted by atomic mass is 10.2. The molecule has 1 amide bonds. The summed E-state index contributed by atoms with van der Waals surface area (Å²) in [5.41, 5.74) is 2.01. The second-order valence-corrected chi connectivity index (χ2v) is 7.41. The maximum absolute atomic E-state index is 12.6. The number of carbonyl (C=O) groups excluding carboxylic acids is 1. The van der Waals surface area contributed by atoms with E-state index in [0.717, 1.165) is 56.0 Å². The molecule has 1 fully saturated rings. The first-order valence-corrected chi connectivity index (χ1v) is 9.68. The van der Waals surface area contributed by atoms with Gasteiger partial charge in [0.2, 0.25) is 5.91 Å². The molecular formula is C20H22F3N5O. The number of rotatable bonds is 4. The number of nitrogens with zero attached hydrogens (tertiary/aromatic N) is 4. The van der Waals surface area contributed by atoms with E-state index in [2.05, 4.69) is 26.5 Å². The van der Waals surface area contributed by atoms with Crippen molar-refractivity contribution < 1.29 is 18.0 Å². The topological polar surface area (TPSA) is 61.4 Å². The Labute approximate surface area is 166 Å². The van der Waals surface area contributed by atoms with Crippen molar-refractivity contribution >= 4 is 17.4 Å². The van der Waals surface area contributed by atoms with E-state index in [1.54, 1.807) is 0 Å². The van der Waals surface area contributed by atoms with Crippen LogP contribution in [0, 0.1) is 0 Å². The van der Waals surface area contributed by atoms with Crippen LogP contribution in [0.5, 0.6) is 0 Å². The van der Waals surface area contributed by atoms with E-state index in [-0.39, 0.29) is 12.5 Å². The fourth-order valence-electron chi connectivity index (χ4n) is 3.75. The molecule has 4 rings (SSSR count). The minimum absolute atomic E-state index is 0.199. The van der Waals surface area contributed by atoms with Gasteiger partial charge in [0.25, 0.3) is 0 Å². The molecule has 2 aromatic rings. The molecule has 2 aliphatic rings.